The van der Waals surface area contributed by atoms with E-state index in [-0.39, 0.29) is 31.4 Å². The quantitative estimate of drug-likeness (QED) is 0.376. The van der Waals surface area contributed by atoms with Crippen LogP contribution in [0.4, 0.5) is 0 Å². The number of benzene rings is 3. The van der Waals surface area contributed by atoms with Gasteiger partial charge in [0.15, 0.2) is 0 Å². The zero-order chi connectivity index (χ0) is 25.2. The van der Waals surface area contributed by atoms with Crippen molar-refractivity contribution in [1.29, 1.82) is 5.26 Å². The van der Waals surface area contributed by atoms with Gasteiger partial charge >= 0.3 is 5.97 Å². The lowest BCUT2D eigenvalue weighted by Gasteiger charge is -2.22. The van der Waals surface area contributed by atoms with Gasteiger partial charge in [0.25, 0.3) is 5.91 Å². The zero-order valence-electron chi connectivity index (χ0n) is 20.0. The molecule has 0 spiro atoms. The van der Waals surface area contributed by atoms with Crippen LogP contribution < -0.4 is 10.1 Å². The van der Waals surface area contributed by atoms with Gasteiger partial charge in [-0.1, -0.05) is 56.3 Å². The predicted octanol–water partition coefficient (Wildman–Crippen LogP) is 5.67. The van der Waals surface area contributed by atoms with Crippen LogP contribution in [0.3, 0.4) is 0 Å². The fourth-order valence-electron chi connectivity index (χ4n) is 3.84. The summed E-state index contributed by atoms with van der Waals surface area (Å²) in [5, 5.41) is 21.4. The Bertz CT molecular complexity index is 1180. The Morgan fingerprint density at radius 3 is 2.37 bits per heavy atom. The van der Waals surface area contributed by atoms with Crippen LogP contribution in [-0.4, -0.2) is 17.0 Å². The van der Waals surface area contributed by atoms with E-state index in [0.29, 0.717) is 22.6 Å². The number of amides is 1. The van der Waals surface area contributed by atoms with E-state index in [1.807, 2.05) is 48.5 Å². The summed E-state index contributed by atoms with van der Waals surface area (Å²) in [5.41, 5.74) is 3.42. The highest BCUT2D eigenvalue weighted by Gasteiger charge is 2.20. The number of nitriles is 1. The molecule has 3 rings (SSSR count). The molecule has 0 heterocycles. The van der Waals surface area contributed by atoms with Crippen molar-refractivity contribution in [2.24, 2.45) is 5.92 Å². The van der Waals surface area contributed by atoms with Crippen molar-refractivity contribution >= 4 is 11.9 Å². The molecule has 0 aromatic heterocycles. The van der Waals surface area contributed by atoms with Crippen LogP contribution in [0, 0.1) is 17.2 Å². The molecule has 1 amide bonds. The number of rotatable bonds is 11. The normalized spacial score (nSPS) is 11.5. The molecule has 1 unspecified atom stereocenters. The van der Waals surface area contributed by atoms with E-state index in [1.54, 1.807) is 24.3 Å². The van der Waals surface area contributed by atoms with Crippen molar-refractivity contribution < 1.29 is 19.4 Å². The lowest BCUT2D eigenvalue weighted by atomic mass is 9.94. The van der Waals surface area contributed by atoms with Crippen LogP contribution in [0.2, 0.25) is 0 Å². The molecule has 6 nitrogen and oxygen atoms in total. The highest BCUT2D eigenvalue weighted by Crippen LogP contribution is 2.24. The molecular formula is C29H30N2O4. The molecule has 0 radical (unpaired) electrons. The minimum absolute atomic E-state index is 0.0643. The number of nitrogens with zero attached hydrogens (tertiary/aromatic N) is 1. The second-order valence-electron chi connectivity index (χ2n) is 8.88. The van der Waals surface area contributed by atoms with Gasteiger partial charge < -0.3 is 15.2 Å². The van der Waals surface area contributed by atoms with Gasteiger partial charge in [-0.2, -0.15) is 5.26 Å². The summed E-state index contributed by atoms with van der Waals surface area (Å²) in [6.45, 7) is 4.46. The van der Waals surface area contributed by atoms with E-state index < -0.39 is 5.97 Å². The Hall–Kier alpha value is -4.11. The maximum atomic E-state index is 13.5. The number of ether oxygens (including phenoxy) is 1. The smallest absolute Gasteiger partial charge is 0.303 e. The summed E-state index contributed by atoms with van der Waals surface area (Å²) >= 11 is 0. The molecule has 0 aliphatic heterocycles. The molecule has 0 aliphatic rings. The van der Waals surface area contributed by atoms with Crippen molar-refractivity contribution in [1.82, 2.24) is 5.32 Å². The number of carboxylic acid groups (broad SMARTS) is 1. The minimum atomic E-state index is -0.914. The van der Waals surface area contributed by atoms with Crippen LogP contribution in [0.15, 0.2) is 72.8 Å². The van der Waals surface area contributed by atoms with Gasteiger partial charge in [-0.25, -0.2) is 0 Å². The van der Waals surface area contributed by atoms with Crippen molar-refractivity contribution in [2.75, 3.05) is 0 Å². The molecule has 0 fully saturated rings. The minimum Gasteiger partial charge on any atom is -0.489 e. The Kier molecular flexibility index (Phi) is 9.02. The summed E-state index contributed by atoms with van der Waals surface area (Å²) < 4.78 is 5.84. The fraction of sp³-hybridized carbons (Fsp3) is 0.276. The second-order valence-corrected chi connectivity index (χ2v) is 8.88. The van der Waals surface area contributed by atoms with Gasteiger partial charge in [0, 0.05) is 12.0 Å². The van der Waals surface area contributed by atoms with Crippen molar-refractivity contribution in [3.63, 3.8) is 0 Å². The highest BCUT2D eigenvalue weighted by atomic mass is 16.5. The number of hydrogen-bond acceptors (Lipinski definition) is 4. The summed E-state index contributed by atoms with van der Waals surface area (Å²) in [6, 6.07) is 24.0. The standard InChI is InChI=1S/C29H30N2O4/c1-20(2)16-27(24-12-8-21(18-30)9-13-24)31-29(34)26-17-22(10-11-23(26)14-15-28(32)33)19-35-25-6-4-3-5-7-25/h3-13,17,20,27H,14-16,19H2,1-2H3,(H,31,34)(H,32,33). The Morgan fingerprint density at radius 2 is 1.74 bits per heavy atom. The van der Waals surface area contributed by atoms with Gasteiger partial charge in [-0.05, 0) is 65.8 Å². The summed E-state index contributed by atoms with van der Waals surface area (Å²) in [7, 11) is 0. The molecule has 180 valence electrons. The highest BCUT2D eigenvalue weighted by molar-refractivity contribution is 5.96. The Balaban J connectivity index is 1.85. The van der Waals surface area contributed by atoms with Crippen LogP contribution in [-0.2, 0) is 17.8 Å². The first-order valence-corrected chi connectivity index (χ1v) is 11.7. The van der Waals surface area contributed by atoms with E-state index in [9.17, 15) is 9.59 Å². The first kappa shape index (κ1) is 25.5. The number of carbonyl (C=O) groups excluding carboxylic acids is 1. The molecular weight excluding hydrogens is 440 g/mol. The number of nitrogens with one attached hydrogen (secondary N) is 1. The zero-order valence-corrected chi connectivity index (χ0v) is 20.0. The lowest BCUT2D eigenvalue weighted by molar-refractivity contribution is -0.136. The Morgan fingerprint density at radius 1 is 1.03 bits per heavy atom. The van der Waals surface area contributed by atoms with E-state index in [0.717, 1.165) is 23.3 Å². The molecule has 3 aromatic rings. The third-order valence-corrected chi connectivity index (χ3v) is 5.63. The molecule has 0 aliphatic carbocycles. The first-order valence-electron chi connectivity index (χ1n) is 11.7. The van der Waals surface area contributed by atoms with E-state index >= 15 is 0 Å². The SMILES string of the molecule is CC(C)CC(NC(=O)c1cc(COc2ccccc2)ccc1CCC(=O)O)c1ccc(C#N)cc1. The van der Waals surface area contributed by atoms with Crippen molar-refractivity contribution in [3.05, 3.63) is 101 Å². The molecule has 35 heavy (non-hydrogen) atoms. The van der Waals surface area contributed by atoms with Crippen LogP contribution in [0.25, 0.3) is 0 Å². The summed E-state index contributed by atoms with van der Waals surface area (Å²) in [5.74, 6) is -0.121. The number of carboxylic acids is 1. The van der Waals surface area contributed by atoms with E-state index in [4.69, 9.17) is 15.1 Å². The monoisotopic (exact) mass is 470 g/mol. The maximum absolute atomic E-state index is 13.5. The lowest BCUT2D eigenvalue weighted by Crippen LogP contribution is -2.30. The third kappa shape index (κ3) is 7.72. The average molecular weight is 471 g/mol. The number of aryl methyl sites for hydroxylation is 1. The summed E-state index contributed by atoms with van der Waals surface area (Å²) in [4.78, 5) is 24.6. The fourth-order valence-corrected chi connectivity index (χ4v) is 3.84. The van der Waals surface area contributed by atoms with Crippen molar-refractivity contribution in [3.8, 4) is 11.8 Å². The van der Waals surface area contributed by atoms with E-state index in [1.165, 1.54) is 0 Å². The number of hydrogen-bond donors (Lipinski definition) is 2. The number of carbonyl (C=O) groups is 2. The molecule has 0 saturated carbocycles. The molecule has 3 aromatic carbocycles. The number of para-hydroxylation sites is 1. The third-order valence-electron chi connectivity index (χ3n) is 5.63. The average Bonchev–Trinajstić information content (AvgIpc) is 2.86. The molecule has 0 bridgehead atoms. The van der Waals surface area contributed by atoms with Crippen molar-refractivity contribution in [2.45, 2.75) is 45.8 Å². The van der Waals surface area contributed by atoms with Gasteiger partial charge in [0.2, 0.25) is 0 Å². The molecule has 6 heteroatoms. The van der Waals surface area contributed by atoms with Gasteiger partial charge in [-0.15, -0.1) is 0 Å². The van der Waals surface area contributed by atoms with Gasteiger partial charge in [0.05, 0.1) is 17.7 Å². The van der Waals surface area contributed by atoms with Crippen LogP contribution in [0.1, 0.15) is 65.3 Å². The number of aliphatic carboxylic acids is 1. The largest absolute Gasteiger partial charge is 0.489 e. The predicted molar refractivity (Wildman–Crippen MR) is 134 cm³/mol. The van der Waals surface area contributed by atoms with Crippen LogP contribution in [0.5, 0.6) is 5.75 Å². The maximum Gasteiger partial charge on any atom is 0.303 e. The summed E-state index contributed by atoms with van der Waals surface area (Å²) in [6.07, 6.45) is 0.910. The van der Waals surface area contributed by atoms with Gasteiger partial charge in [-0.3, -0.25) is 9.59 Å². The topological polar surface area (TPSA) is 99.4 Å². The van der Waals surface area contributed by atoms with Crippen LogP contribution >= 0.6 is 0 Å². The molecule has 1 atom stereocenters. The molecule has 2 N–H and O–H groups in total. The second kappa shape index (κ2) is 12.4. The first-order chi connectivity index (χ1) is 16.9. The Labute approximate surface area is 206 Å². The van der Waals surface area contributed by atoms with E-state index in [2.05, 4.69) is 25.2 Å². The van der Waals surface area contributed by atoms with Gasteiger partial charge in [0.1, 0.15) is 12.4 Å². The molecule has 0 saturated heterocycles.